The second-order valence-electron chi connectivity index (χ2n) is 5.25. The smallest absolute Gasteiger partial charge is 0.308 e. The Kier molecular flexibility index (Phi) is 3.62. The highest BCUT2D eigenvalue weighted by molar-refractivity contribution is 5.94. The number of nitrogens with zero attached hydrogens (tertiary/aromatic N) is 2. The van der Waals surface area contributed by atoms with Crippen LogP contribution in [-0.4, -0.2) is 45.2 Å². The van der Waals surface area contributed by atoms with Gasteiger partial charge in [0.1, 0.15) is 11.5 Å². The molecule has 0 aliphatic carbocycles. The van der Waals surface area contributed by atoms with Crippen LogP contribution in [0.5, 0.6) is 0 Å². The maximum atomic E-state index is 12.9. The number of hydrogen-bond donors (Lipinski definition) is 2. The van der Waals surface area contributed by atoms with Gasteiger partial charge in [0.15, 0.2) is 0 Å². The number of amides is 1. The summed E-state index contributed by atoms with van der Waals surface area (Å²) >= 11 is 0. The summed E-state index contributed by atoms with van der Waals surface area (Å²) in [5, 5.41) is 15.7. The van der Waals surface area contributed by atoms with Gasteiger partial charge in [-0.25, -0.2) is 4.39 Å². The topological polar surface area (TPSA) is 86.3 Å². The maximum absolute atomic E-state index is 12.9. The molecule has 1 aliphatic heterocycles. The second kappa shape index (κ2) is 5.59. The molecule has 0 bridgehead atoms. The molecule has 1 amide bonds. The summed E-state index contributed by atoms with van der Waals surface area (Å²) in [7, 11) is 0. The largest absolute Gasteiger partial charge is 0.481 e. The first-order valence-electron chi connectivity index (χ1n) is 6.88. The Morgan fingerprint density at radius 2 is 2.05 bits per heavy atom. The molecule has 114 valence electrons. The fourth-order valence-corrected chi connectivity index (χ4v) is 2.52. The van der Waals surface area contributed by atoms with Gasteiger partial charge < -0.3 is 10.0 Å². The Morgan fingerprint density at radius 1 is 1.32 bits per heavy atom. The number of carbonyl (C=O) groups is 2. The number of aromatic nitrogens is 2. The Bertz CT molecular complexity index is 711. The SMILES string of the molecule is O=C(O)[C@@H]1CCN(C(=O)c2cc(-c3ccc(F)cc3)n[nH]2)C1. The van der Waals surface area contributed by atoms with E-state index in [4.69, 9.17) is 5.11 Å². The number of aromatic amines is 1. The van der Waals surface area contributed by atoms with E-state index in [2.05, 4.69) is 10.2 Å². The third kappa shape index (κ3) is 2.69. The van der Waals surface area contributed by atoms with Crippen LogP contribution in [-0.2, 0) is 4.79 Å². The first-order valence-corrected chi connectivity index (χ1v) is 6.88. The zero-order chi connectivity index (χ0) is 15.7. The number of carboxylic acids is 1. The average Bonchev–Trinajstić information content (AvgIpc) is 3.17. The summed E-state index contributed by atoms with van der Waals surface area (Å²) in [6.45, 7) is 0.625. The molecule has 2 heterocycles. The van der Waals surface area contributed by atoms with Crippen LogP contribution in [0.1, 0.15) is 16.9 Å². The molecule has 7 heteroatoms. The van der Waals surface area contributed by atoms with Crippen molar-refractivity contribution in [1.82, 2.24) is 15.1 Å². The van der Waals surface area contributed by atoms with Crippen molar-refractivity contribution in [3.05, 3.63) is 41.8 Å². The molecular formula is C15H14FN3O3. The molecule has 1 fully saturated rings. The van der Waals surface area contributed by atoms with E-state index < -0.39 is 11.9 Å². The van der Waals surface area contributed by atoms with E-state index in [0.717, 1.165) is 0 Å². The predicted molar refractivity (Wildman–Crippen MR) is 75.6 cm³/mol. The molecule has 1 aromatic heterocycles. The number of hydrogen-bond acceptors (Lipinski definition) is 3. The van der Waals surface area contributed by atoms with Crippen LogP contribution in [0.15, 0.2) is 30.3 Å². The first kappa shape index (κ1) is 14.2. The molecule has 6 nitrogen and oxygen atoms in total. The predicted octanol–water partition coefficient (Wildman–Crippen LogP) is 1.76. The van der Waals surface area contributed by atoms with Crippen LogP contribution >= 0.6 is 0 Å². The normalized spacial score (nSPS) is 17.7. The number of aliphatic carboxylic acids is 1. The standard InChI is InChI=1S/C15H14FN3O3/c16-11-3-1-9(2-4-11)12-7-13(18-17-12)14(20)19-6-5-10(8-19)15(21)22/h1-4,7,10H,5-6,8H2,(H,17,18)(H,21,22)/t10-/m1/s1. The fourth-order valence-electron chi connectivity index (χ4n) is 2.52. The van der Waals surface area contributed by atoms with E-state index >= 15 is 0 Å². The van der Waals surface area contributed by atoms with Gasteiger partial charge in [0.05, 0.1) is 11.6 Å². The monoisotopic (exact) mass is 303 g/mol. The van der Waals surface area contributed by atoms with Crippen molar-refractivity contribution in [3.8, 4) is 11.3 Å². The van der Waals surface area contributed by atoms with Gasteiger partial charge in [0.25, 0.3) is 5.91 Å². The van der Waals surface area contributed by atoms with Crippen LogP contribution in [0.25, 0.3) is 11.3 Å². The molecule has 0 radical (unpaired) electrons. The lowest BCUT2D eigenvalue weighted by Gasteiger charge is -2.13. The highest BCUT2D eigenvalue weighted by Crippen LogP contribution is 2.21. The lowest BCUT2D eigenvalue weighted by atomic mass is 10.1. The average molecular weight is 303 g/mol. The summed E-state index contributed by atoms with van der Waals surface area (Å²) in [6.07, 6.45) is 0.458. The van der Waals surface area contributed by atoms with E-state index in [1.165, 1.54) is 17.0 Å². The van der Waals surface area contributed by atoms with Crippen molar-refractivity contribution in [2.24, 2.45) is 5.92 Å². The van der Waals surface area contributed by atoms with Gasteiger partial charge in [-0.2, -0.15) is 5.10 Å². The second-order valence-corrected chi connectivity index (χ2v) is 5.25. The number of likely N-dealkylation sites (tertiary alicyclic amines) is 1. The van der Waals surface area contributed by atoms with Gasteiger partial charge in [-0.05, 0) is 36.8 Å². The molecule has 1 saturated heterocycles. The summed E-state index contributed by atoms with van der Waals surface area (Å²) in [6, 6.07) is 7.39. The first-order chi connectivity index (χ1) is 10.5. The van der Waals surface area contributed by atoms with Crippen molar-refractivity contribution in [3.63, 3.8) is 0 Å². The number of carboxylic acid groups (broad SMARTS) is 1. The van der Waals surface area contributed by atoms with Gasteiger partial charge in [0, 0.05) is 18.7 Å². The van der Waals surface area contributed by atoms with Crippen LogP contribution in [0.4, 0.5) is 4.39 Å². The number of benzene rings is 1. The maximum Gasteiger partial charge on any atom is 0.308 e. The van der Waals surface area contributed by atoms with Gasteiger partial charge >= 0.3 is 5.97 Å². The Balaban J connectivity index is 1.75. The number of nitrogens with one attached hydrogen (secondary N) is 1. The molecule has 0 unspecified atom stereocenters. The Hall–Kier alpha value is -2.70. The highest BCUT2D eigenvalue weighted by atomic mass is 19.1. The van der Waals surface area contributed by atoms with Crippen LogP contribution in [0, 0.1) is 11.7 Å². The Morgan fingerprint density at radius 3 is 2.68 bits per heavy atom. The van der Waals surface area contributed by atoms with E-state index in [0.29, 0.717) is 29.9 Å². The molecule has 0 spiro atoms. The number of carbonyl (C=O) groups excluding carboxylic acids is 1. The molecule has 3 rings (SSSR count). The molecule has 2 N–H and O–H groups in total. The minimum absolute atomic E-state index is 0.207. The molecule has 1 aliphatic rings. The molecule has 2 aromatic rings. The molecule has 1 aromatic carbocycles. The van der Waals surface area contributed by atoms with Crippen molar-refractivity contribution in [1.29, 1.82) is 0 Å². The van der Waals surface area contributed by atoms with Crippen LogP contribution in [0.3, 0.4) is 0 Å². The summed E-state index contributed by atoms with van der Waals surface area (Å²) < 4.78 is 12.9. The summed E-state index contributed by atoms with van der Waals surface area (Å²) in [5.41, 5.74) is 1.53. The minimum atomic E-state index is -0.882. The van der Waals surface area contributed by atoms with Crippen molar-refractivity contribution >= 4 is 11.9 Å². The third-order valence-electron chi connectivity index (χ3n) is 3.77. The molecular weight excluding hydrogens is 289 g/mol. The fraction of sp³-hybridized carbons (Fsp3) is 0.267. The molecule has 0 saturated carbocycles. The van der Waals surface area contributed by atoms with Crippen LogP contribution in [0.2, 0.25) is 0 Å². The Labute approximate surface area is 125 Å². The van der Waals surface area contributed by atoms with E-state index in [1.54, 1.807) is 18.2 Å². The quantitative estimate of drug-likeness (QED) is 0.904. The van der Waals surface area contributed by atoms with Crippen molar-refractivity contribution < 1.29 is 19.1 Å². The number of H-pyrrole nitrogens is 1. The summed E-state index contributed by atoms with van der Waals surface area (Å²) in [5.74, 6) is -2.01. The highest BCUT2D eigenvalue weighted by Gasteiger charge is 2.31. The van der Waals surface area contributed by atoms with E-state index in [9.17, 15) is 14.0 Å². The lowest BCUT2D eigenvalue weighted by molar-refractivity contribution is -0.141. The molecule has 22 heavy (non-hydrogen) atoms. The van der Waals surface area contributed by atoms with Crippen LogP contribution < -0.4 is 0 Å². The van der Waals surface area contributed by atoms with Crippen molar-refractivity contribution in [2.75, 3.05) is 13.1 Å². The number of halogens is 1. The van der Waals surface area contributed by atoms with Gasteiger partial charge in [-0.1, -0.05) is 0 Å². The zero-order valence-corrected chi connectivity index (χ0v) is 11.6. The number of rotatable bonds is 3. The van der Waals surface area contributed by atoms with Gasteiger partial charge in [0.2, 0.25) is 0 Å². The lowest BCUT2D eigenvalue weighted by Crippen LogP contribution is -2.30. The minimum Gasteiger partial charge on any atom is -0.481 e. The van der Waals surface area contributed by atoms with Crippen molar-refractivity contribution in [2.45, 2.75) is 6.42 Å². The summed E-state index contributed by atoms with van der Waals surface area (Å²) in [4.78, 5) is 24.8. The third-order valence-corrected chi connectivity index (χ3v) is 3.77. The van der Waals surface area contributed by atoms with Gasteiger partial charge in [-0.15, -0.1) is 0 Å². The zero-order valence-electron chi connectivity index (χ0n) is 11.6. The van der Waals surface area contributed by atoms with E-state index in [1.807, 2.05) is 0 Å². The van der Waals surface area contributed by atoms with E-state index in [-0.39, 0.29) is 18.3 Å². The molecule has 1 atom stereocenters. The van der Waals surface area contributed by atoms with Gasteiger partial charge in [-0.3, -0.25) is 14.7 Å².